The molecule has 2 aromatic carbocycles. The van der Waals surface area contributed by atoms with Gasteiger partial charge in [0.05, 0.1) is 9.88 Å². The first kappa shape index (κ1) is 13.6. The molecule has 0 aliphatic heterocycles. The normalized spacial score (nSPS) is 10.7. The fraction of sp³-hybridized carbons (Fsp3) is 0.125. The number of nitrogens with zero attached hydrogens (tertiary/aromatic N) is 1. The fourth-order valence-electron chi connectivity index (χ4n) is 2.18. The molecule has 0 radical (unpaired) electrons. The first-order chi connectivity index (χ1) is 10.1. The molecular formula is C16H13NO3S. The maximum absolute atomic E-state index is 11.4. The summed E-state index contributed by atoms with van der Waals surface area (Å²) >= 11 is 1.54. The molecule has 0 amide bonds. The predicted octanol–water partition coefficient (Wildman–Crippen LogP) is 3.88. The summed E-state index contributed by atoms with van der Waals surface area (Å²) in [5.74, 6) is -0.581. The minimum Gasteiger partial charge on any atom is -0.486 e. The SMILES string of the molecule is Cc1ncc(COc2c(C(=O)O)ccc3ccccc23)s1. The lowest BCUT2D eigenvalue weighted by molar-refractivity contribution is 0.0692. The van der Waals surface area contributed by atoms with Gasteiger partial charge in [-0.05, 0) is 18.4 Å². The molecule has 0 saturated carbocycles. The van der Waals surface area contributed by atoms with Gasteiger partial charge in [-0.15, -0.1) is 11.3 Å². The summed E-state index contributed by atoms with van der Waals surface area (Å²) in [5, 5.41) is 12.1. The highest BCUT2D eigenvalue weighted by atomic mass is 32.1. The second-order valence-electron chi connectivity index (χ2n) is 4.60. The molecule has 0 unspecified atom stereocenters. The highest BCUT2D eigenvalue weighted by molar-refractivity contribution is 7.11. The molecule has 0 spiro atoms. The Balaban J connectivity index is 2.01. The molecule has 0 saturated heterocycles. The Morgan fingerprint density at radius 2 is 2.10 bits per heavy atom. The Labute approximate surface area is 125 Å². The molecule has 3 rings (SSSR count). The van der Waals surface area contributed by atoms with Crippen LogP contribution in [0.15, 0.2) is 42.6 Å². The minimum absolute atomic E-state index is 0.176. The number of aromatic nitrogens is 1. The van der Waals surface area contributed by atoms with E-state index in [4.69, 9.17) is 4.74 Å². The van der Waals surface area contributed by atoms with Crippen molar-refractivity contribution in [2.24, 2.45) is 0 Å². The molecule has 0 aliphatic rings. The number of carboxylic acid groups (broad SMARTS) is 1. The first-order valence-corrected chi connectivity index (χ1v) is 7.26. The van der Waals surface area contributed by atoms with Crippen LogP contribution >= 0.6 is 11.3 Å². The number of aryl methyl sites for hydroxylation is 1. The summed E-state index contributed by atoms with van der Waals surface area (Å²) in [7, 11) is 0. The van der Waals surface area contributed by atoms with Crippen LogP contribution < -0.4 is 4.74 Å². The van der Waals surface area contributed by atoms with E-state index in [1.165, 1.54) is 0 Å². The number of hydrogen-bond donors (Lipinski definition) is 1. The van der Waals surface area contributed by atoms with Crippen molar-refractivity contribution in [3.05, 3.63) is 58.0 Å². The maximum atomic E-state index is 11.4. The van der Waals surface area contributed by atoms with Gasteiger partial charge in [-0.2, -0.15) is 0 Å². The van der Waals surface area contributed by atoms with Crippen molar-refractivity contribution in [3.63, 3.8) is 0 Å². The van der Waals surface area contributed by atoms with E-state index >= 15 is 0 Å². The Kier molecular flexibility index (Phi) is 3.58. The average molecular weight is 299 g/mol. The van der Waals surface area contributed by atoms with E-state index in [0.717, 1.165) is 20.7 Å². The molecule has 4 nitrogen and oxygen atoms in total. The van der Waals surface area contributed by atoms with Gasteiger partial charge in [-0.25, -0.2) is 9.78 Å². The molecule has 21 heavy (non-hydrogen) atoms. The summed E-state index contributed by atoms with van der Waals surface area (Å²) in [5.41, 5.74) is 0.176. The van der Waals surface area contributed by atoms with Gasteiger partial charge >= 0.3 is 5.97 Å². The minimum atomic E-state index is -0.990. The van der Waals surface area contributed by atoms with E-state index in [1.807, 2.05) is 31.2 Å². The van der Waals surface area contributed by atoms with Crippen LogP contribution in [0.25, 0.3) is 10.8 Å². The lowest BCUT2D eigenvalue weighted by Crippen LogP contribution is -2.03. The number of fused-ring (bicyclic) bond motifs is 1. The molecule has 5 heteroatoms. The lowest BCUT2D eigenvalue weighted by Gasteiger charge is -2.11. The Morgan fingerprint density at radius 1 is 1.29 bits per heavy atom. The first-order valence-electron chi connectivity index (χ1n) is 6.44. The molecule has 3 aromatic rings. The van der Waals surface area contributed by atoms with Crippen LogP contribution in [0.1, 0.15) is 20.2 Å². The smallest absolute Gasteiger partial charge is 0.339 e. The number of carboxylic acids is 1. The molecule has 0 atom stereocenters. The van der Waals surface area contributed by atoms with Gasteiger partial charge in [0, 0.05) is 11.6 Å². The number of benzene rings is 2. The van der Waals surface area contributed by atoms with Crippen molar-refractivity contribution in [1.82, 2.24) is 4.98 Å². The summed E-state index contributed by atoms with van der Waals surface area (Å²) in [4.78, 5) is 16.5. The van der Waals surface area contributed by atoms with Crippen molar-refractivity contribution in [1.29, 1.82) is 0 Å². The highest BCUT2D eigenvalue weighted by Gasteiger charge is 2.15. The highest BCUT2D eigenvalue weighted by Crippen LogP contribution is 2.31. The van der Waals surface area contributed by atoms with Gasteiger partial charge in [0.25, 0.3) is 0 Å². The molecule has 0 aliphatic carbocycles. The Bertz CT molecular complexity index is 810. The van der Waals surface area contributed by atoms with Gasteiger partial charge in [0.15, 0.2) is 0 Å². The third kappa shape index (κ3) is 2.73. The third-order valence-electron chi connectivity index (χ3n) is 3.14. The van der Waals surface area contributed by atoms with Crippen LogP contribution in [0.5, 0.6) is 5.75 Å². The topological polar surface area (TPSA) is 59.4 Å². The fourth-order valence-corrected chi connectivity index (χ4v) is 2.89. The summed E-state index contributed by atoms with van der Waals surface area (Å²) < 4.78 is 5.80. The molecule has 0 bridgehead atoms. The van der Waals surface area contributed by atoms with E-state index in [9.17, 15) is 9.90 Å². The van der Waals surface area contributed by atoms with Gasteiger partial charge in [-0.1, -0.05) is 30.3 Å². The van der Waals surface area contributed by atoms with Crippen molar-refractivity contribution >= 4 is 28.1 Å². The van der Waals surface area contributed by atoms with Gasteiger partial charge < -0.3 is 9.84 Å². The van der Waals surface area contributed by atoms with Crippen LogP contribution in [0.3, 0.4) is 0 Å². The maximum Gasteiger partial charge on any atom is 0.339 e. The summed E-state index contributed by atoms with van der Waals surface area (Å²) in [6, 6.07) is 11.0. The number of hydrogen-bond acceptors (Lipinski definition) is 4. The van der Waals surface area contributed by atoms with Crippen LogP contribution in [-0.2, 0) is 6.61 Å². The average Bonchev–Trinajstić information content (AvgIpc) is 2.90. The number of carbonyl (C=O) groups is 1. The summed E-state index contributed by atoms with van der Waals surface area (Å²) in [6.45, 7) is 2.24. The second kappa shape index (κ2) is 5.54. The van der Waals surface area contributed by atoms with E-state index < -0.39 is 5.97 Å². The van der Waals surface area contributed by atoms with Gasteiger partial charge in [0.2, 0.25) is 0 Å². The van der Waals surface area contributed by atoms with E-state index in [2.05, 4.69) is 4.98 Å². The van der Waals surface area contributed by atoms with Gasteiger partial charge in [0.1, 0.15) is 17.9 Å². The number of ether oxygens (including phenoxy) is 1. The Hall–Kier alpha value is -2.40. The number of aromatic carboxylic acids is 1. The van der Waals surface area contributed by atoms with Crippen molar-refractivity contribution in [2.45, 2.75) is 13.5 Å². The zero-order valence-corrected chi connectivity index (χ0v) is 12.2. The van der Waals surface area contributed by atoms with Crippen molar-refractivity contribution < 1.29 is 14.6 Å². The Morgan fingerprint density at radius 3 is 2.81 bits per heavy atom. The van der Waals surface area contributed by atoms with Crippen LogP contribution in [-0.4, -0.2) is 16.1 Å². The zero-order valence-electron chi connectivity index (χ0n) is 11.4. The third-order valence-corrected chi connectivity index (χ3v) is 4.02. The molecule has 0 fully saturated rings. The van der Waals surface area contributed by atoms with E-state index in [-0.39, 0.29) is 5.56 Å². The molecule has 106 valence electrons. The second-order valence-corrected chi connectivity index (χ2v) is 5.92. The molecular weight excluding hydrogens is 286 g/mol. The molecule has 1 aromatic heterocycles. The van der Waals surface area contributed by atoms with Crippen molar-refractivity contribution in [3.8, 4) is 5.75 Å². The van der Waals surface area contributed by atoms with Crippen LogP contribution in [0.4, 0.5) is 0 Å². The standard InChI is InChI=1S/C16H13NO3S/c1-10-17-8-12(21-10)9-20-15-13-5-3-2-4-11(13)6-7-14(15)16(18)19/h2-8H,9H2,1H3,(H,18,19). The molecule has 1 heterocycles. The number of thiazole rings is 1. The zero-order chi connectivity index (χ0) is 14.8. The largest absolute Gasteiger partial charge is 0.486 e. The number of rotatable bonds is 4. The van der Waals surface area contributed by atoms with E-state index in [0.29, 0.717) is 12.4 Å². The van der Waals surface area contributed by atoms with Gasteiger partial charge in [-0.3, -0.25) is 0 Å². The monoisotopic (exact) mass is 299 g/mol. The lowest BCUT2D eigenvalue weighted by atomic mass is 10.1. The van der Waals surface area contributed by atoms with E-state index in [1.54, 1.807) is 29.7 Å². The van der Waals surface area contributed by atoms with Crippen LogP contribution in [0.2, 0.25) is 0 Å². The quantitative estimate of drug-likeness (QED) is 0.794. The molecule has 1 N–H and O–H groups in total. The van der Waals surface area contributed by atoms with Crippen LogP contribution in [0, 0.1) is 6.92 Å². The predicted molar refractivity (Wildman–Crippen MR) is 82.1 cm³/mol. The summed E-state index contributed by atoms with van der Waals surface area (Å²) in [6.07, 6.45) is 1.76. The van der Waals surface area contributed by atoms with Crippen molar-refractivity contribution in [2.75, 3.05) is 0 Å².